The third-order valence-electron chi connectivity index (χ3n) is 3.43. The van der Waals surface area contributed by atoms with E-state index in [-0.39, 0.29) is 6.09 Å². The lowest BCUT2D eigenvalue weighted by Crippen LogP contribution is -2.41. The second-order valence-corrected chi connectivity index (χ2v) is 8.75. The molecule has 2 heterocycles. The zero-order valence-corrected chi connectivity index (χ0v) is 14.9. The maximum absolute atomic E-state index is 12.0. The number of piperidine rings is 1. The molecule has 0 aromatic carbocycles. The summed E-state index contributed by atoms with van der Waals surface area (Å²) in [5.41, 5.74) is 0.892. The van der Waals surface area contributed by atoms with Crippen molar-refractivity contribution < 1.29 is 9.53 Å². The molecule has 0 unspecified atom stereocenters. The molecular formula is C15H22BrNO2S. The van der Waals surface area contributed by atoms with Gasteiger partial charge in [0.2, 0.25) is 0 Å². The molecular weight excluding hydrogens is 338 g/mol. The van der Waals surface area contributed by atoms with Crippen molar-refractivity contribution >= 4 is 33.4 Å². The summed E-state index contributed by atoms with van der Waals surface area (Å²) in [7, 11) is 0. The van der Waals surface area contributed by atoms with Gasteiger partial charge in [-0.3, -0.25) is 0 Å². The number of rotatable bonds is 1. The molecule has 0 radical (unpaired) electrons. The van der Waals surface area contributed by atoms with E-state index in [0.29, 0.717) is 5.92 Å². The van der Waals surface area contributed by atoms with Crippen LogP contribution in [-0.4, -0.2) is 29.7 Å². The zero-order chi connectivity index (χ0) is 14.9. The van der Waals surface area contributed by atoms with Gasteiger partial charge in [0.15, 0.2) is 0 Å². The second kappa shape index (κ2) is 6.06. The number of halogens is 1. The molecule has 1 saturated heterocycles. The highest BCUT2D eigenvalue weighted by molar-refractivity contribution is 9.11. The fourth-order valence-corrected chi connectivity index (χ4v) is 4.10. The number of hydrogen-bond acceptors (Lipinski definition) is 3. The first-order valence-corrected chi connectivity index (χ1v) is 8.61. The smallest absolute Gasteiger partial charge is 0.410 e. The Morgan fingerprint density at radius 3 is 2.45 bits per heavy atom. The van der Waals surface area contributed by atoms with E-state index in [4.69, 9.17) is 4.74 Å². The summed E-state index contributed by atoms with van der Waals surface area (Å²) in [4.78, 5) is 15.3. The van der Waals surface area contributed by atoms with Gasteiger partial charge in [-0.1, -0.05) is 0 Å². The monoisotopic (exact) mass is 359 g/mol. The third-order valence-corrected chi connectivity index (χ3v) is 5.72. The van der Waals surface area contributed by atoms with Gasteiger partial charge >= 0.3 is 6.09 Å². The van der Waals surface area contributed by atoms with Crippen LogP contribution in [0.15, 0.2) is 9.85 Å². The summed E-state index contributed by atoms with van der Waals surface area (Å²) in [6, 6.07) is 2.27. The number of aryl methyl sites for hydroxylation is 1. The minimum atomic E-state index is -0.413. The van der Waals surface area contributed by atoms with Crippen LogP contribution in [0.4, 0.5) is 4.79 Å². The van der Waals surface area contributed by atoms with Gasteiger partial charge in [-0.2, -0.15) is 0 Å². The number of thiophene rings is 1. The van der Waals surface area contributed by atoms with Crippen molar-refractivity contribution in [2.24, 2.45) is 0 Å². The Balaban J connectivity index is 1.91. The first-order valence-electron chi connectivity index (χ1n) is 7.00. The van der Waals surface area contributed by atoms with Crippen LogP contribution in [0.3, 0.4) is 0 Å². The molecule has 1 aliphatic rings. The summed E-state index contributed by atoms with van der Waals surface area (Å²) in [5.74, 6) is 0.573. The molecule has 112 valence electrons. The highest BCUT2D eigenvalue weighted by Crippen LogP contribution is 2.37. The van der Waals surface area contributed by atoms with Crippen molar-refractivity contribution in [3.63, 3.8) is 0 Å². The molecule has 1 fully saturated rings. The summed E-state index contributed by atoms with van der Waals surface area (Å²) in [5, 5.41) is 0. The Morgan fingerprint density at radius 1 is 1.40 bits per heavy atom. The maximum atomic E-state index is 12.0. The average Bonchev–Trinajstić information content (AvgIpc) is 2.68. The highest BCUT2D eigenvalue weighted by Gasteiger charge is 2.28. The number of nitrogens with zero attached hydrogens (tertiary/aromatic N) is 1. The molecule has 1 aromatic rings. The van der Waals surface area contributed by atoms with Crippen molar-refractivity contribution in [1.82, 2.24) is 4.90 Å². The topological polar surface area (TPSA) is 29.5 Å². The van der Waals surface area contributed by atoms with Gasteiger partial charge in [0.1, 0.15) is 5.60 Å². The molecule has 0 spiro atoms. The Labute approximate surface area is 133 Å². The van der Waals surface area contributed by atoms with E-state index < -0.39 is 5.60 Å². The van der Waals surface area contributed by atoms with Crippen LogP contribution >= 0.6 is 27.3 Å². The molecule has 0 N–H and O–H groups in total. The van der Waals surface area contributed by atoms with Crippen LogP contribution in [0.2, 0.25) is 0 Å². The van der Waals surface area contributed by atoms with Crippen LogP contribution in [-0.2, 0) is 4.74 Å². The summed E-state index contributed by atoms with van der Waals surface area (Å²) in [6.45, 7) is 9.42. The number of hydrogen-bond donors (Lipinski definition) is 0. The Hall–Kier alpha value is -0.550. The number of ether oxygens (including phenoxy) is 1. The van der Waals surface area contributed by atoms with E-state index >= 15 is 0 Å². The Bertz CT molecular complexity index is 465. The lowest BCUT2D eigenvalue weighted by molar-refractivity contribution is 0.0205. The molecule has 1 amide bonds. The van der Waals surface area contributed by atoms with Gasteiger partial charge < -0.3 is 9.64 Å². The van der Waals surface area contributed by atoms with Crippen molar-refractivity contribution in [1.29, 1.82) is 0 Å². The molecule has 0 bridgehead atoms. The second-order valence-electron chi connectivity index (χ2n) is 6.35. The fraction of sp³-hybridized carbons (Fsp3) is 0.667. The van der Waals surface area contributed by atoms with Crippen molar-refractivity contribution in [2.45, 2.75) is 52.1 Å². The predicted molar refractivity (Wildman–Crippen MR) is 86.5 cm³/mol. The van der Waals surface area contributed by atoms with Gasteiger partial charge in [0.25, 0.3) is 0 Å². The lowest BCUT2D eigenvalue weighted by Gasteiger charge is -2.33. The van der Waals surface area contributed by atoms with Crippen molar-refractivity contribution in [2.75, 3.05) is 13.1 Å². The van der Waals surface area contributed by atoms with E-state index in [0.717, 1.165) is 25.9 Å². The average molecular weight is 360 g/mol. The van der Waals surface area contributed by atoms with E-state index in [1.807, 2.05) is 37.0 Å². The van der Waals surface area contributed by atoms with Gasteiger partial charge in [-0.05, 0) is 74.0 Å². The molecule has 0 atom stereocenters. The number of likely N-dealkylation sites (tertiary alicyclic amines) is 1. The number of amides is 1. The maximum Gasteiger partial charge on any atom is 0.410 e. The van der Waals surface area contributed by atoms with Crippen LogP contribution in [0.25, 0.3) is 0 Å². The molecule has 20 heavy (non-hydrogen) atoms. The van der Waals surface area contributed by atoms with E-state index in [2.05, 4.69) is 28.9 Å². The van der Waals surface area contributed by atoms with E-state index in [1.165, 1.54) is 14.2 Å². The van der Waals surface area contributed by atoms with Crippen LogP contribution in [0.5, 0.6) is 0 Å². The molecule has 1 aliphatic heterocycles. The van der Waals surface area contributed by atoms with Crippen LogP contribution < -0.4 is 0 Å². The van der Waals surface area contributed by atoms with Crippen LogP contribution in [0, 0.1) is 6.92 Å². The van der Waals surface area contributed by atoms with Crippen molar-refractivity contribution in [3.05, 3.63) is 20.3 Å². The lowest BCUT2D eigenvalue weighted by atomic mass is 9.95. The largest absolute Gasteiger partial charge is 0.444 e. The molecule has 3 nitrogen and oxygen atoms in total. The standard InChI is InChI=1S/C15H22BrNO2S/c1-10-9-12(20-13(10)16)11-5-7-17(8-6-11)14(18)19-15(2,3)4/h9,11H,5-8H2,1-4H3. The Morgan fingerprint density at radius 2 is 2.00 bits per heavy atom. The highest BCUT2D eigenvalue weighted by atomic mass is 79.9. The summed E-state index contributed by atoms with van der Waals surface area (Å²) in [6.07, 6.45) is 1.86. The SMILES string of the molecule is Cc1cc(C2CCN(C(=O)OC(C)(C)C)CC2)sc1Br. The van der Waals surface area contributed by atoms with Gasteiger partial charge in [-0.15, -0.1) is 11.3 Å². The molecule has 0 aliphatic carbocycles. The number of carbonyl (C=O) groups is 1. The molecule has 2 rings (SSSR count). The summed E-state index contributed by atoms with van der Waals surface area (Å²) < 4.78 is 6.65. The van der Waals surface area contributed by atoms with Gasteiger partial charge in [0.05, 0.1) is 3.79 Å². The van der Waals surface area contributed by atoms with Gasteiger partial charge in [0, 0.05) is 18.0 Å². The molecule has 0 saturated carbocycles. The zero-order valence-electron chi connectivity index (χ0n) is 12.5. The number of carbonyl (C=O) groups excluding carboxylic acids is 1. The third kappa shape index (κ3) is 3.98. The first-order chi connectivity index (χ1) is 9.26. The van der Waals surface area contributed by atoms with Crippen LogP contribution in [0.1, 0.15) is 50.0 Å². The summed E-state index contributed by atoms with van der Waals surface area (Å²) >= 11 is 5.41. The normalized spacial score (nSPS) is 17.4. The minimum Gasteiger partial charge on any atom is -0.444 e. The predicted octanol–water partition coefficient (Wildman–Crippen LogP) is 4.93. The van der Waals surface area contributed by atoms with E-state index in [1.54, 1.807) is 0 Å². The van der Waals surface area contributed by atoms with E-state index in [9.17, 15) is 4.79 Å². The molecule has 1 aromatic heterocycles. The Kier molecular flexibility index (Phi) is 4.80. The molecule has 5 heteroatoms. The first kappa shape index (κ1) is 15.8. The minimum absolute atomic E-state index is 0.181. The fourth-order valence-electron chi connectivity index (χ4n) is 2.36. The van der Waals surface area contributed by atoms with Crippen molar-refractivity contribution in [3.8, 4) is 0 Å². The van der Waals surface area contributed by atoms with Gasteiger partial charge in [-0.25, -0.2) is 4.79 Å². The quantitative estimate of drug-likeness (QED) is 0.710.